The average Bonchev–Trinajstić information content (AvgIpc) is 3.89. The maximum Gasteiger partial charge on any atom is 0.326 e. The Balaban J connectivity index is 1.73. The Morgan fingerprint density at radius 1 is 0.587 bits per heavy atom. The van der Waals surface area contributed by atoms with Crippen molar-refractivity contribution in [2.45, 2.75) is 119 Å². The number of hydrogen-bond donors (Lipinski definition) is 16. The molecule has 0 saturated carbocycles. The number of aliphatic hydroxyl groups is 1. The number of nitrogens with two attached hydrogens (primary N) is 3. The zero-order chi connectivity index (χ0) is 55.5. The number of phenols is 1. The molecule has 27 heteroatoms. The summed E-state index contributed by atoms with van der Waals surface area (Å²) < 4.78 is 0. The number of carboxylic acids is 2. The van der Waals surface area contributed by atoms with E-state index in [-0.39, 0.29) is 57.4 Å². The minimum atomic E-state index is -1.71. The van der Waals surface area contributed by atoms with Crippen LogP contribution >= 0.6 is 0 Å². The fourth-order valence-corrected chi connectivity index (χ4v) is 7.26. The van der Waals surface area contributed by atoms with Crippen molar-refractivity contribution in [2.24, 2.45) is 17.2 Å². The Bertz CT molecular complexity index is 2360. The number of nitrogens with zero attached hydrogens (tertiary/aromatic N) is 1. The minimum absolute atomic E-state index is 0.0246. The molecule has 0 aliphatic rings. The lowest BCUT2D eigenvalue weighted by molar-refractivity contribution is -0.141. The van der Waals surface area contributed by atoms with E-state index in [9.17, 15) is 63.3 Å². The molecule has 0 spiro atoms. The number of carbonyl (C=O) groups is 10. The molecule has 0 fully saturated rings. The van der Waals surface area contributed by atoms with E-state index in [0.717, 1.165) is 0 Å². The number of imidazole rings is 1. The highest BCUT2D eigenvalue weighted by molar-refractivity contribution is 5.98. The summed E-state index contributed by atoms with van der Waals surface area (Å²) in [6.07, 6.45) is 3.04. The molecule has 0 saturated heterocycles. The third kappa shape index (κ3) is 22.3. The third-order valence-electron chi connectivity index (χ3n) is 11.4. The average molecular weight is 1050 g/mol. The molecule has 410 valence electrons. The van der Waals surface area contributed by atoms with Gasteiger partial charge >= 0.3 is 11.9 Å². The fraction of sp³-hybridized carbons (Fsp3) is 0.479. The van der Waals surface area contributed by atoms with Crippen molar-refractivity contribution in [1.82, 2.24) is 52.5 Å². The Kier molecular flexibility index (Phi) is 26.3. The molecule has 1 heterocycles. The summed E-state index contributed by atoms with van der Waals surface area (Å²) >= 11 is 0. The van der Waals surface area contributed by atoms with Crippen LogP contribution in [0.4, 0.5) is 0 Å². The zero-order valence-electron chi connectivity index (χ0n) is 41.4. The van der Waals surface area contributed by atoms with E-state index >= 15 is 0 Å². The van der Waals surface area contributed by atoms with Gasteiger partial charge in [-0.15, -0.1) is 0 Å². The van der Waals surface area contributed by atoms with Crippen molar-refractivity contribution in [1.29, 1.82) is 0 Å². The normalized spacial score (nSPS) is 14.1. The van der Waals surface area contributed by atoms with Gasteiger partial charge in [-0.3, -0.25) is 43.2 Å². The van der Waals surface area contributed by atoms with Gasteiger partial charge in [0.1, 0.15) is 48.0 Å². The molecule has 0 aliphatic carbocycles. The van der Waals surface area contributed by atoms with E-state index in [2.05, 4.69) is 52.5 Å². The van der Waals surface area contributed by atoms with Crippen molar-refractivity contribution < 1.29 is 68.4 Å². The maximum atomic E-state index is 13.9. The van der Waals surface area contributed by atoms with Gasteiger partial charge in [0, 0.05) is 31.2 Å². The summed E-state index contributed by atoms with van der Waals surface area (Å²) in [6, 6.07) is 2.69. The summed E-state index contributed by atoms with van der Waals surface area (Å²) in [5.41, 5.74) is 18.5. The lowest BCUT2D eigenvalue weighted by atomic mass is 10.0. The van der Waals surface area contributed by atoms with Crippen LogP contribution in [0.3, 0.4) is 0 Å². The summed E-state index contributed by atoms with van der Waals surface area (Å²) in [6.45, 7) is 0.0911. The van der Waals surface area contributed by atoms with Crippen molar-refractivity contribution in [3.63, 3.8) is 0 Å². The van der Waals surface area contributed by atoms with Gasteiger partial charge in [-0.25, -0.2) is 9.78 Å². The first kappa shape index (κ1) is 61.3. The predicted molar refractivity (Wildman–Crippen MR) is 267 cm³/mol. The van der Waals surface area contributed by atoms with Crippen LogP contribution in [0.25, 0.3) is 0 Å². The predicted octanol–water partition coefficient (Wildman–Crippen LogP) is -4.19. The van der Waals surface area contributed by atoms with Crippen LogP contribution in [0.1, 0.15) is 68.7 Å². The summed E-state index contributed by atoms with van der Waals surface area (Å²) in [7, 11) is 0. The molecule has 0 aliphatic heterocycles. The van der Waals surface area contributed by atoms with E-state index < -0.39 is 127 Å². The van der Waals surface area contributed by atoms with Gasteiger partial charge in [-0.05, 0) is 81.8 Å². The van der Waals surface area contributed by atoms with Gasteiger partial charge in [0.2, 0.25) is 47.3 Å². The number of carbonyl (C=O) groups excluding carboxylic acids is 8. The van der Waals surface area contributed by atoms with Crippen molar-refractivity contribution >= 4 is 59.2 Å². The molecule has 19 N–H and O–H groups in total. The zero-order valence-corrected chi connectivity index (χ0v) is 41.4. The first-order valence-electron chi connectivity index (χ1n) is 24.1. The molecule has 75 heavy (non-hydrogen) atoms. The number of nitrogens with one attached hydrogen (secondary N) is 9. The second kappa shape index (κ2) is 32.2. The smallest absolute Gasteiger partial charge is 0.326 e. The number of phenolic OH excluding ortho intramolecular Hbond substituents is 1. The van der Waals surface area contributed by atoms with Crippen LogP contribution in [0, 0.1) is 0 Å². The van der Waals surface area contributed by atoms with E-state index in [1.54, 1.807) is 30.3 Å². The van der Waals surface area contributed by atoms with Gasteiger partial charge < -0.3 is 85.1 Å². The van der Waals surface area contributed by atoms with Gasteiger partial charge in [-0.2, -0.15) is 0 Å². The highest BCUT2D eigenvalue weighted by Crippen LogP contribution is 2.13. The number of carboxylic acid groups (broad SMARTS) is 2. The van der Waals surface area contributed by atoms with Gasteiger partial charge in [0.25, 0.3) is 0 Å². The molecule has 3 rings (SSSR count). The number of aromatic nitrogens is 2. The van der Waals surface area contributed by atoms with Crippen LogP contribution in [-0.4, -0.2) is 164 Å². The molecule has 0 bridgehead atoms. The highest BCUT2D eigenvalue weighted by Gasteiger charge is 2.33. The minimum Gasteiger partial charge on any atom is -0.508 e. The lowest BCUT2D eigenvalue weighted by Gasteiger charge is -2.26. The standard InChI is InChI=1S/C48H69N13O14/c1-27(55-47(73)38(25-62)61-44(70)34(12-6-8-18-50)58-45(71)35(19-29-13-15-31(63)16-14-29)60-42(68)32(51)22-40(65)66)41(67)59-36(21-30-23-52-26-54-30)46(72)57-33(11-5-7-17-49)43(69)53-24-39(64)56-37(48(74)75)20-28-9-3-2-4-10-28/h2-4,9-10,13-16,23,26-27,32-38,62-63H,5-8,11-12,17-22,24-25,49-51H2,1H3,(H,52,54)(H,53,69)(H,55,73)(H,56,64)(H,57,72)(H,58,71)(H,59,67)(H,60,68)(H,61,70)(H,65,66)(H,74,75)/t27-,32-,33-,34-,35-,36-,37-,38-/m0/s1. The van der Waals surface area contributed by atoms with Crippen LogP contribution in [0.2, 0.25) is 0 Å². The number of aromatic amines is 1. The van der Waals surface area contributed by atoms with Crippen molar-refractivity contribution in [2.75, 3.05) is 26.2 Å². The summed E-state index contributed by atoms with van der Waals surface area (Å²) in [5, 5.41) is 58.4. The summed E-state index contributed by atoms with van der Waals surface area (Å²) in [5.74, 6) is -10.1. The third-order valence-corrected chi connectivity index (χ3v) is 11.4. The number of amides is 8. The van der Waals surface area contributed by atoms with Crippen molar-refractivity contribution in [3.8, 4) is 5.75 Å². The van der Waals surface area contributed by atoms with E-state index in [1.807, 2.05) is 0 Å². The monoisotopic (exact) mass is 1050 g/mol. The number of aliphatic carboxylic acids is 2. The van der Waals surface area contributed by atoms with E-state index in [1.165, 1.54) is 43.7 Å². The Morgan fingerprint density at radius 2 is 1.09 bits per heavy atom. The second-order valence-corrected chi connectivity index (χ2v) is 17.5. The van der Waals surface area contributed by atoms with E-state index in [4.69, 9.17) is 22.3 Å². The van der Waals surface area contributed by atoms with Crippen LogP contribution in [0.5, 0.6) is 5.75 Å². The molecule has 1 aromatic heterocycles. The number of rotatable bonds is 34. The molecule has 2 aromatic carbocycles. The topological polar surface area (TPSA) is 455 Å². The highest BCUT2D eigenvalue weighted by atomic mass is 16.4. The fourth-order valence-electron chi connectivity index (χ4n) is 7.26. The maximum absolute atomic E-state index is 13.9. The largest absolute Gasteiger partial charge is 0.508 e. The molecule has 8 amide bonds. The molecular weight excluding hydrogens is 983 g/mol. The molecule has 3 aromatic rings. The van der Waals surface area contributed by atoms with Crippen LogP contribution in [-0.2, 0) is 67.2 Å². The first-order chi connectivity index (χ1) is 35.7. The number of aliphatic hydroxyl groups excluding tert-OH is 1. The van der Waals surface area contributed by atoms with Gasteiger partial charge in [0.15, 0.2) is 0 Å². The Labute approximate surface area is 431 Å². The number of H-pyrrole nitrogens is 1. The second-order valence-electron chi connectivity index (χ2n) is 17.5. The van der Waals surface area contributed by atoms with E-state index in [0.29, 0.717) is 36.1 Å². The molecule has 27 nitrogen and oxygen atoms in total. The van der Waals surface area contributed by atoms with Crippen LogP contribution < -0.4 is 59.7 Å². The number of unbranched alkanes of at least 4 members (excludes halogenated alkanes) is 2. The van der Waals surface area contributed by atoms with Gasteiger partial charge in [0.05, 0.1) is 31.9 Å². The molecule has 8 atom stereocenters. The number of aromatic hydroxyl groups is 1. The Hall–Kier alpha value is -8.01. The molecule has 0 radical (unpaired) electrons. The van der Waals surface area contributed by atoms with Crippen LogP contribution in [0.15, 0.2) is 67.1 Å². The van der Waals surface area contributed by atoms with Crippen molar-refractivity contribution in [3.05, 3.63) is 83.9 Å². The lowest BCUT2D eigenvalue weighted by Crippen LogP contribution is -2.60. The number of benzene rings is 2. The SMILES string of the molecule is C[C@H](NC(=O)[C@H](CO)NC(=O)[C@H](CCCCN)NC(=O)[C@H](Cc1ccc(O)cc1)NC(=O)[C@@H](N)CC(=O)O)C(=O)N[C@@H](Cc1cnc[nH]1)C(=O)N[C@@H](CCCCN)C(=O)NCC(=O)N[C@@H](Cc1ccccc1)C(=O)O. The quantitative estimate of drug-likeness (QED) is 0.0252. The number of hydrogen-bond acceptors (Lipinski definition) is 16. The first-order valence-corrected chi connectivity index (χ1v) is 24.1. The Morgan fingerprint density at radius 3 is 1.64 bits per heavy atom. The summed E-state index contributed by atoms with van der Waals surface area (Å²) in [4.78, 5) is 138. The molecule has 0 unspecified atom stereocenters. The molecular formula is C48H69N13O14. The van der Waals surface area contributed by atoms with Gasteiger partial charge in [-0.1, -0.05) is 42.5 Å².